The van der Waals surface area contributed by atoms with E-state index in [0.29, 0.717) is 0 Å². The molecule has 0 N–H and O–H groups in total. The van der Waals surface area contributed by atoms with Gasteiger partial charge in [-0.05, 0) is 11.5 Å². The Balaban J connectivity index is 2.29. The summed E-state index contributed by atoms with van der Waals surface area (Å²) in [6.07, 6.45) is 1.16. The van der Waals surface area contributed by atoms with Crippen LogP contribution in [0.15, 0.2) is 35.4 Å². The van der Waals surface area contributed by atoms with E-state index in [-0.39, 0.29) is 30.0 Å². The molecule has 0 aromatic heterocycles. The van der Waals surface area contributed by atoms with Gasteiger partial charge in [0.15, 0.2) is 0 Å². The molecule has 0 saturated heterocycles. The van der Waals surface area contributed by atoms with Crippen LogP contribution >= 0.6 is 0 Å². The lowest BCUT2D eigenvalue weighted by Gasteiger charge is -2.16. The number of carbonyl (C=O) groups excluding carboxylic acids is 1. The first-order chi connectivity index (χ1) is 9.79. The van der Waals surface area contributed by atoms with Gasteiger partial charge in [-0.25, -0.2) is 13.4 Å². The number of sulfone groups is 1. The van der Waals surface area contributed by atoms with E-state index in [9.17, 15) is 13.2 Å². The van der Waals surface area contributed by atoms with Gasteiger partial charge in [-0.3, -0.25) is 4.79 Å². The minimum atomic E-state index is -3.12. The molecule has 1 aliphatic heterocycles. The summed E-state index contributed by atoms with van der Waals surface area (Å²) in [7, 11) is -3.12. The SMILES string of the molecule is CC(C)C1C(=O)N(CCS(C)(=O)=O)N=C1c1ccccc1. The zero-order chi connectivity index (χ0) is 15.6. The maximum Gasteiger partial charge on any atom is 0.252 e. The molecule has 1 amide bonds. The van der Waals surface area contributed by atoms with Crippen molar-refractivity contribution >= 4 is 21.5 Å². The number of carbonyl (C=O) groups is 1. The molecule has 2 rings (SSSR count). The highest BCUT2D eigenvalue weighted by atomic mass is 32.2. The van der Waals surface area contributed by atoms with Crippen LogP contribution in [0.5, 0.6) is 0 Å². The van der Waals surface area contributed by atoms with Crippen molar-refractivity contribution in [3.63, 3.8) is 0 Å². The molecule has 1 unspecified atom stereocenters. The summed E-state index contributed by atoms with van der Waals surface area (Å²) in [6.45, 7) is 4.05. The molecule has 0 saturated carbocycles. The van der Waals surface area contributed by atoms with Crippen LogP contribution in [0, 0.1) is 11.8 Å². The second kappa shape index (κ2) is 5.97. The monoisotopic (exact) mass is 308 g/mol. The van der Waals surface area contributed by atoms with E-state index in [1.54, 1.807) is 0 Å². The van der Waals surface area contributed by atoms with Crippen molar-refractivity contribution in [1.29, 1.82) is 0 Å². The predicted octanol–water partition coefficient (Wildman–Crippen LogP) is 1.55. The molecule has 0 fully saturated rings. The average molecular weight is 308 g/mol. The Labute approximate surface area is 125 Å². The van der Waals surface area contributed by atoms with Crippen LogP contribution in [0.25, 0.3) is 0 Å². The van der Waals surface area contributed by atoms with E-state index in [2.05, 4.69) is 5.10 Å². The molecule has 1 aliphatic rings. The minimum Gasteiger partial charge on any atom is -0.272 e. The Morgan fingerprint density at radius 1 is 1.24 bits per heavy atom. The fourth-order valence-corrected chi connectivity index (χ4v) is 2.88. The van der Waals surface area contributed by atoms with Gasteiger partial charge in [-0.1, -0.05) is 44.2 Å². The van der Waals surface area contributed by atoms with Crippen LogP contribution in [0.1, 0.15) is 19.4 Å². The van der Waals surface area contributed by atoms with E-state index < -0.39 is 9.84 Å². The molecule has 5 nitrogen and oxygen atoms in total. The fourth-order valence-electron chi connectivity index (χ4n) is 2.38. The molecule has 1 aromatic carbocycles. The van der Waals surface area contributed by atoms with Crippen molar-refractivity contribution in [1.82, 2.24) is 5.01 Å². The number of hydrogen-bond donors (Lipinski definition) is 0. The Morgan fingerprint density at radius 2 is 1.86 bits per heavy atom. The quantitative estimate of drug-likeness (QED) is 0.829. The zero-order valence-corrected chi connectivity index (χ0v) is 13.3. The van der Waals surface area contributed by atoms with Crippen LogP contribution in [0.2, 0.25) is 0 Å². The maximum atomic E-state index is 12.5. The van der Waals surface area contributed by atoms with Gasteiger partial charge in [-0.2, -0.15) is 5.10 Å². The molecule has 0 bridgehead atoms. The van der Waals surface area contributed by atoms with Crippen molar-refractivity contribution in [2.45, 2.75) is 13.8 Å². The average Bonchev–Trinajstić information content (AvgIpc) is 2.74. The van der Waals surface area contributed by atoms with Gasteiger partial charge in [0.2, 0.25) is 0 Å². The lowest BCUT2D eigenvalue weighted by Crippen LogP contribution is -2.33. The molecule has 0 spiro atoms. The van der Waals surface area contributed by atoms with Crippen LogP contribution in [0.3, 0.4) is 0 Å². The van der Waals surface area contributed by atoms with Gasteiger partial charge in [0, 0.05) is 6.26 Å². The van der Waals surface area contributed by atoms with Crippen molar-refractivity contribution in [3.8, 4) is 0 Å². The summed E-state index contributed by atoms with van der Waals surface area (Å²) in [4.78, 5) is 12.5. The summed E-state index contributed by atoms with van der Waals surface area (Å²) in [5.41, 5.74) is 1.63. The van der Waals surface area contributed by atoms with Gasteiger partial charge in [-0.15, -0.1) is 0 Å². The smallest absolute Gasteiger partial charge is 0.252 e. The van der Waals surface area contributed by atoms with Gasteiger partial charge >= 0.3 is 0 Å². The van der Waals surface area contributed by atoms with Crippen LogP contribution in [-0.4, -0.2) is 43.6 Å². The van der Waals surface area contributed by atoms with Crippen LogP contribution < -0.4 is 0 Å². The number of hydrogen-bond acceptors (Lipinski definition) is 4. The van der Waals surface area contributed by atoms with Gasteiger partial charge in [0.1, 0.15) is 9.84 Å². The zero-order valence-electron chi connectivity index (χ0n) is 12.5. The Morgan fingerprint density at radius 3 is 2.38 bits per heavy atom. The molecule has 1 aromatic rings. The number of nitrogens with zero attached hydrogens (tertiary/aromatic N) is 2. The summed E-state index contributed by atoms with van der Waals surface area (Å²) in [5, 5.41) is 5.68. The minimum absolute atomic E-state index is 0.0743. The molecular formula is C15H20N2O3S. The third-order valence-electron chi connectivity index (χ3n) is 3.45. The van der Waals surface area contributed by atoms with Gasteiger partial charge in [0.25, 0.3) is 5.91 Å². The molecular weight excluding hydrogens is 288 g/mol. The lowest BCUT2D eigenvalue weighted by molar-refractivity contribution is -0.132. The largest absolute Gasteiger partial charge is 0.272 e. The first-order valence-electron chi connectivity index (χ1n) is 6.92. The topological polar surface area (TPSA) is 66.8 Å². The lowest BCUT2D eigenvalue weighted by atomic mass is 9.87. The first-order valence-corrected chi connectivity index (χ1v) is 8.98. The summed E-state index contributed by atoms with van der Waals surface area (Å²) in [6, 6.07) is 9.55. The fraction of sp³-hybridized carbons (Fsp3) is 0.467. The van der Waals surface area contributed by atoms with Gasteiger partial charge < -0.3 is 0 Å². The Bertz CT molecular complexity index is 651. The number of benzene rings is 1. The number of hydrazone groups is 1. The highest BCUT2D eigenvalue weighted by Gasteiger charge is 2.38. The van der Waals surface area contributed by atoms with E-state index in [1.807, 2.05) is 44.2 Å². The third-order valence-corrected chi connectivity index (χ3v) is 4.38. The standard InChI is InChI=1S/C15H20N2O3S/c1-11(2)13-14(12-7-5-4-6-8-12)16-17(15(13)18)9-10-21(3,19)20/h4-8,11,13H,9-10H2,1-3H3. The molecule has 21 heavy (non-hydrogen) atoms. The van der Waals surface area contributed by atoms with E-state index >= 15 is 0 Å². The molecule has 114 valence electrons. The Kier molecular flexibility index (Phi) is 4.46. The van der Waals surface area contributed by atoms with Crippen LogP contribution in [0.4, 0.5) is 0 Å². The van der Waals surface area contributed by atoms with E-state index in [4.69, 9.17) is 0 Å². The second-order valence-electron chi connectivity index (χ2n) is 5.66. The van der Waals surface area contributed by atoms with Crippen molar-refractivity contribution in [3.05, 3.63) is 35.9 Å². The van der Waals surface area contributed by atoms with Crippen LogP contribution in [-0.2, 0) is 14.6 Å². The predicted molar refractivity (Wildman–Crippen MR) is 82.7 cm³/mol. The third kappa shape index (κ3) is 3.69. The molecule has 0 aliphatic carbocycles. The van der Waals surface area contributed by atoms with Crippen molar-refractivity contribution in [2.75, 3.05) is 18.6 Å². The normalized spacial score (nSPS) is 19.2. The van der Waals surface area contributed by atoms with Crippen molar-refractivity contribution in [2.24, 2.45) is 16.9 Å². The molecule has 0 radical (unpaired) electrons. The summed E-state index contributed by atoms with van der Waals surface area (Å²) in [5.74, 6) is -0.395. The molecule has 1 atom stereocenters. The van der Waals surface area contributed by atoms with Gasteiger partial charge in [0.05, 0.1) is 23.9 Å². The summed E-state index contributed by atoms with van der Waals surface area (Å²) >= 11 is 0. The highest BCUT2D eigenvalue weighted by Crippen LogP contribution is 2.27. The highest BCUT2D eigenvalue weighted by molar-refractivity contribution is 7.90. The Hall–Kier alpha value is -1.69. The number of amides is 1. The summed E-state index contributed by atoms with van der Waals surface area (Å²) < 4.78 is 22.6. The van der Waals surface area contributed by atoms with E-state index in [0.717, 1.165) is 17.5 Å². The van der Waals surface area contributed by atoms with E-state index in [1.165, 1.54) is 5.01 Å². The second-order valence-corrected chi connectivity index (χ2v) is 7.92. The van der Waals surface area contributed by atoms with Crippen molar-refractivity contribution < 1.29 is 13.2 Å². The number of rotatable bonds is 5. The maximum absolute atomic E-state index is 12.5. The molecule has 1 heterocycles. The molecule has 6 heteroatoms. The first kappa shape index (κ1) is 15.7.